The smallest absolute Gasteiger partial charge is 0.415 e. The molecule has 8 heteroatoms. The molecule has 0 aliphatic carbocycles. The van der Waals surface area contributed by atoms with Crippen LogP contribution >= 0.6 is 0 Å². The fourth-order valence-corrected chi connectivity index (χ4v) is 2.48. The van der Waals surface area contributed by atoms with Gasteiger partial charge in [-0.05, 0) is 18.6 Å². The Morgan fingerprint density at radius 2 is 1.88 bits per heavy atom. The number of benzene rings is 1. The van der Waals surface area contributed by atoms with Crippen molar-refractivity contribution in [2.75, 3.05) is 39.3 Å². The predicted octanol–water partition coefficient (Wildman–Crippen LogP) is 1.44. The summed E-state index contributed by atoms with van der Waals surface area (Å²) >= 11 is 0. The first-order valence-corrected chi connectivity index (χ1v) is 7.70. The van der Waals surface area contributed by atoms with Gasteiger partial charge in [0.1, 0.15) is 5.75 Å². The maximum absolute atomic E-state index is 12.3. The molecule has 134 valence electrons. The number of aryl methyl sites for hydroxylation is 1. The first-order chi connectivity index (χ1) is 11.3. The van der Waals surface area contributed by atoms with Gasteiger partial charge >= 0.3 is 6.18 Å². The van der Waals surface area contributed by atoms with Gasteiger partial charge in [-0.1, -0.05) is 18.2 Å². The molecule has 0 spiro atoms. The third-order valence-electron chi connectivity index (χ3n) is 3.98. The van der Waals surface area contributed by atoms with E-state index in [0.717, 1.165) is 5.56 Å². The Balaban J connectivity index is 1.76. The highest BCUT2D eigenvalue weighted by Crippen LogP contribution is 2.21. The maximum Gasteiger partial charge on any atom is 0.415 e. The first-order valence-electron chi connectivity index (χ1n) is 7.70. The van der Waals surface area contributed by atoms with E-state index in [0.29, 0.717) is 31.9 Å². The zero-order valence-corrected chi connectivity index (χ0v) is 13.4. The van der Waals surface area contributed by atoms with Gasteiger partial charge < -0.3 is 14.7 Å². The van der Waals surface area contributed by atoms with Crippen LogP contribution in [0.5, 0.6) is 5.75 Å². The summed E-state index contributed by atoms with van der Waals surface area (Å²) in [6, 6.07) is 7.35. The molecule has 1 saturated heterocycles. The summed E-state index contributed by atoms with van der Waals surface area (Å²) in [4.78, 5) is 15.2. The Kier molecular flexibility index (Phi) is 6.06. The van der Waals surface area contributed by atoms with Crippen molar-refractivity contribution in [1.29, 1.82) is 0 Å². The highest BCUT2D eigenvalue weighted by atomic mass is 19.4. The number of rotatable bonds is 5. The summed E-state index contributed by atoms with van der Waals surface area (Å²) in [5.41, 5.74) is 0.927. The minimum Gasteiger partial charge on any atom is -0.484 e. The Morgan fingerprint density at radius 1 is 1.25 bits per heavy atom. The van der Waals surface area contributed by atoms with E-state index in [1.54, 1.807) is 11.0 Å². The van der Waals surface area contributed by atoms with Crippen LogP contribution in [0.25, 0.3) is 0 Å². The minimum atomic E-state index is -4.62. The molecule has 1 aliphatic rings. The van der Waals surface area contributed by atoms with Crippen molar-refractivity contribution in [3.05, 3.63) is 29.8 Å². The molecule has 2 rings (SSSR count). The van der Waals surface area contributed by atoms with E-state index in [1.807, 2.05) is 25.1 Å². The van der Waals surface area contributed by atoms with Gasteiger partial charge in [-0.15, -0.1) is 0 Å². The van der Waals surface area contributed by atoms with Gasteiger partial charge in [-0.3, -0.25) is 9.69 Å². The van der Waals surface area contributed by atoms with Gasteiger partial charge in [-0.25, -0.2) is 0 Å². The summed E-state index contributed by atoms with van der Waals surface area (Å²) in [6.45, 7) is 2.54. The monoisotopic (exact) mass is 346 g/mol. The quantitative estimate of drug-likeness (QED) is 0.877. The normalized spacial score (nSPS) is 17.6. The van der Waals surface area contributed by atoms with Crippen molar-refractivity contribution in [3.63, 3.8) is 0 Å². The lowest BCUT2D eigenvalue weighted by Gasteiger charge is -2.35. The van der Waals surface area contributed by atoms with Gasteiger partial charge in [0.15, 0.2) is 12.7 Å². The Bertz CT molecular complexity index is 558. The first kappa shape index (κ1) is 18.5. The molecule has 0 radical (unpaired) electrons. The number of aliphatic hydroxyl groups is 1. The zero-order chi connectivity index (χ0) is 17.7. The van der Waals surface area contributed by atoms with E-state index in [-0.39, 0.29) is 12.5 Å². The van der Waals surface area contributed by atoms with E-state index in [4.69, 9.17) is 9.84 Å². The number of amides is 1. The van der Waals surface area contributed by atoms with Crippen LogP contribution < -0.4 is 4.74 Å². The molecule has 0 saturated carbocycles. The average molecular weight is 346 g/mol. The van der Waals surface area contributed by atoms with Crippen molar-refractivity contribution in [2.45, 2.75) is 19.2 Å². The third kappa shape index (κ3) is 5.10. The molecule has 1 amide bonds. The fourth-order valence-electron chi connectivity index (χ4n) is 2.48. The lowest BCUT2D eigenvalue weighted by Crippen LogP contribution is -2.52. The number of hydrogen-bond donors (Lipinski definition) is 1. The molecule has 0 bridgehead atoms. The van der Waals surface area contributed by atoms with Gasteiger partial charge in [0.25, 0.3) is 5.91 Å². The topological polar surface area (TPSA) is 53.0 Å². The van der Waals surface area contributed by atoms with Crippen LogP contribution in [-0.2, 0) is 4.79 Å². The van der Waals surface area contributed by atoms with Gasteiger partial charge in [0.2, 0.25) is 0 Å². The molecule has 1 atom stereocenters. The van der Waals surface area contributed by atoms with Crippen molar-refractivity contribution < 1.29 is 27.8 Å². The number of carbonyl (C=O) groups is 1. The lowest BCUT2D eigenvalue weighted by atomic mass is 10.2. The van der Waals surface area contributed by atoms with Crippen LogP contribution in [0.15, 0.2) is 24.3 Å². The Morgan fingerprint density at radius 3 is 2.46 bits per heavy atom. The van der Waals surface area contributed by atoms with Crippen molar-refractivity contribution in [2.24, 2.45) is 0 Å². The van der Waals surface area contributed by atoms with E-state index >= 15 is 0 Å². The highest BCUT2D eigenvalue weighted by Gasteiger charge is 2.39. The second kappa shape index (κ2) is 7.85. The van der Waals surface area contributed by atoms with Gasteiger partial charge in [-0.2, -0.15) is 13.2 Å². The highest BCUT2D eigenvalue weighted by molar-refractivity contribution is 5.78. The van der Waals surface area contributed by atoms with E-state index in [9.17, 15) is 18.0 Å². The standard InChI is InChI=1S/C16H21F3N2O3/c1-12-4-2-3-5-13(12)24-11-15(23)21-8-6-20(7-9-21)10-14(22)16(17,18)19/h2-5,14,22H,6-11H2,1H3. The van der Waals surface area contributed by atoms with E-state index in [1.165, 1.54) is 4.90 Å². The molecule has 5 nitrogen and oxygen atoms in total. The van der Waals surface area contributed by atoms with Crippen LogP contribution in [0, 0.1) is 6.92 Å². The van der Waals surface area contributed by atoms with E-state index < -0.39 is 18.8 Å². The molecule has 1 aromatic rings. The fraction of sp³-hybridized carbons (Fsp3) is 0.562. The molecule has 1 N–H and O–H groups in total. The summed E-state index contributed by atoms with van der Waals surface area (Å²) in [7, 11) is 0. The summed E-state index contributed by atoms with van der Waals surface area (Å²) in [5, 5.41) is 9.08. The number of para-hydroxylation sites is 1. The molecule has 1 unspecified atom stereocenters. The second-order valence-corrected chi connectivity index (χ2v) is 5.79. The van der Waals surface area contributed by atoms with Gasteiger partial charge in [0, 0.05) is 32.7 Å². The average Bonchev–Trinajstić information content (AvgIpc) is 2.53. The zero-order valence-electron chi connectivity index (χ0n) is 13.4. The maximum atomic E-state index is 12.3. The predicted molar refractivity (Wildman–Crippen MR) is 81.8 cm³/mol. The van der Waals surface area contributed by atoms with Gasteiger partial charge in [0.05, 0.1) is 0 Å². The van der Waals surface area contributed by atoms with Crippen LogP contribution in [0.2, 0.25) is 0 Å². The number of ether oxygens (including phenoxy) is 1. The SMILES string of the molecule is Cc1ccccc1OCC(=O)N1CCN(CC(O)C(F)(F)F)CC1. The number of alkyl halides is 3. The van der Waals surface area contributed by atoms with Crippen LogP contribution in [0.1, 0.15) is 5.56 Å². The van der Waals surface area contributed by atoms with Crippen molar-refractivity contribution in [3.8, 4) is 5.75 Å². The molecule has 1 aliphatic heterocycles. The molecule has 1 fully saturated rings. The second-order valence-electron chi connectivity index (χ2n) is 5.79. The summed E-state index contributed by atoms with van der Waals surface area (Å²) in [6.07, 6.45) is -6.97. The number of halogens is 3. The number of carbonyl (C=O) groups excluding carboxylic acids is 1. The summed E-state index contributed by atoms with van der Waals surface area (Å²) in [5.74, 6) is 0.437. The lowest BCUT2D eigenvalue weighted by molar-refractivity contribution is -0.209. The molecular weight excluding hydrogens is 325 g/mol. The molecule has 1 heterocycles. The molecular formula is C16H21F3N2O3. The number of piperazine rings is 1. The number of nitrogens with zero attached hydrogens (tertiary/aromatic N) is 2. The van der Waals surface area contributed by atoms with Crippen LogP contribution in [-0.4, -0.2) is 72.4 Å². The number of β-amino-alcohol motifs (C(OH)–C–C–N with tert-alkyl or cyclic N) is 1. The minimum absolute atomic E-state index is 0.101. The molecule has 0 aromatic heterocycles. The number of hydrogen-bond acceptors (Lipinski definition) is 4. The third-order valence-corrected chi connectivity index (χ3v) is 3.98. The Labute approximate surface area is 138 Å². The Hall–Kier alpha value is -1.80. The van der Waals surface area contributed by atoms with E-state index in [2.05, 4.69) is 0 Å². The largest absolute Gasteiger partial charge is 0.484 e. The number of aliphatic hydroxyl groups excluding tert-OH is 1. The molecule has 1 aromatic carbocycles. The summed E-state index contributed by atoms with van der Waals surface area (Å²) < 4.78 is 42.5. The molecule has 24 heavy (non-hydrogen) atoms. The van der Waals surface area contributed by atoms with Crippen molar-refractivity contribution in [1.82, 2.24) is 9.80 Å². The van der Waals surface area contributed by atoms with Crippen molar-refractivity contribution >= 4 is 5.91 Å². The van der Waals surface area contributed by atoms with Crippen LogP contribution in [0.4, 0.5) is 13.2 Å². The van der Waals surface area contributed by atoms with Crippen LogP contribution in [0.3, 0.4) is 0 Å².